The van der Waals surface area contributed by atoms with E-state index in [1.807, 2.05) is 0 Å². The molecule has 0 aliphatic rings. The molecule has 0 aliphatic carbocycles. The summed E-state index contributed by atoms with van der Waals surface area (Å²) in [5.74, 6) is 0. The lowest BCUT2D eigenvalue weighted by atomic mass is 10.7. The lowest BCUT2D eigenvalue weighted by molar-refractivity contribution is 0.296. The third kappa shape index (κ3) is 7.90. The molecule has 0 saturated heterocycles. The Kier molecular flexibility index (Phi) is 3.79. The summed E-state index contributed by atoms with van der Waals surface area (Å²) >= 11 is 4.99. The molecule has 4 nitrogen and oxygen atoms in total. The van der Waals surface area contributed by atoms with Crippen LogP contribution >= 0.6 is 11.6 Å². The van der Waals surface area contributed by atoms with Gasteiger partial charge in [-0.25, -0.2) is 4.18 Å². The Hall–Kier alpha value is -0.100. The largest absolute Gasteiger partial charge is 0.397 e. The molecule has 0 amide bonds. The van der Waals surface area contributed by atoms with Crippen molar-refractivity contribution in [2.75, 3.05) is 6.61 Å². The molecule has 0 spiro atoms. The van der Waals surface area contributed by atoms with Crippen molar-refractivity contribution in [3.63, 3.8) is 0 Å². The SMILES string of the molecule is O=S(=O)(O)OCC=CCl. The molecule has 9 heavy (non-hydrogen) atoms. The minimum absolute atomic E-state index is 0.248. The van der Waals surface area contributed by atoms with Gasteiger partial charge in [0, 0.05) is 5.54 Å². The van der Waals surface area contributed by atoms with Gasteiger partial charge in [-0.15, -0.1) is 0 Å². The van der Waals surface area contributed by atoms with E-state index in [9.17, 15) is 8.42 Å². The standard InChI is InChI=1S/C3H5ClO4S/c4-2-1-3-8-9(5,6)7/h1-2H,3H2,(H,5,6,7). The Balaban J connectivity index is 3.53. The second kappa shape index (κ2) is 3.84. The Morgan fingerprint density at radius 1 is 1.67 bits per heavy atom. The Bertz CT molecular complexity index is 182. The van der Waals surface area contributed by atoms with Crippen LogP contribution in [0.4, 0.5) is 0 Å². The van der Waals surface area contributed by atoms with Crippen LogP contribution in [-0.2, 0) is 14.6 Å². The van der Waals surface area contributed by atoms with Gasteiger partial charge in [0.1, 0.15) is 0 Å². The number of rotatable bonds is 3. The van der Waals surface area contributed by atoms with E-state index in [1.54, 1.807) is 0 Å². The summed E-state index contributed by atoms with van der Waals surface area (Å²) in [5.41, 5.74) is 1.09. The average Bonchev–Trinajstić information content (AvgIpc) is 1.63. The molecule has 54 valence electrons. The predicted molar refractivity (Wildman–Crippen MR) is 32.5 cm³/mol. The average molecular weight is 173 g/mol. The maximum atomic E-state index is 9.76. The lowest BCUT2D eigenvalue weighted by Gasteiger charge is -1.90. The predicted octanol–water partition coefficient (Wildman–Crippen LogP) is 0.558. The first-order chi connectivity index (χ1) is 4.06. The topological polar surface area (TPSA) is 63.6 Å². The summed E-state index contributed by atoms with van der Waals surface area (Å²) in [6, 6.07) is 0. The molecule has 6 heteroatoms. The fourth-order valence-electron chi connectivity index (χ4n) is 0.162. The Morgan fingerprint density at radius 3 is 2.56 bits per heavy atom. The Labute approximate surface area is 58.0 Å². The van der Waals surface area contributed by atoms with Crippen molar-refractivity contribution < 1.29 is 17.2 Å². The van der Waals surface area contributed by atoms with Gasteiger partial charge in [0.05, 0.1) is 6.61 Å². The van der Waals surface area contributed by atoms with Gasteiger partial charge in [0.25, 0.3) is 0 Å². The molecule has 0 radical (unpaired) electrons. The highest BCUT2D eigenvalue weighted by atomic mass is 35.5. The second-order valence-electron chi connectivity index (χ2n) is 1.07. The Morgan fingerprint density at radius 2 is 2.22 bits per heavy atom. The van der Waals surface area contributed by atoms with Crippen LogP contribution in [0, 0.1) is 0 Å². The zero-order chi connectivity index (χ0) is 7.33. The van der Waals surface area contributed by atoms with Crippen molar-refractivity contribution in [3.8, 4) is 0 Å². The van der Waals surface area contributed by atoms with Gasteiger partial charge < -0.3 is 0 Å². The summed E-state index contributed by atoms with van der Waals surface area (Å²) < 4.78 is 31.3. The van der Waals surface area contributed by atoms with Crippen molar-refractivity contribution in [2.45, 2.75) is 0 Å². The summed E-state index contributed by atoms with van der Waals surface area (Å²) in [6.07, 6.45) is 1.23. The van der Waals surface area contributed by atoms with Crippen molar-refractivity contribution in [3.05, 3.63) is 11.6 Å². The molecule has 0 fully saturated rings. The normalized spacial score (nSPS) is 12.7. The number of halogens is 1. The van der Waals surface area contributed by atoms with Crippen LogP contribution in [0.1, 0.15) is 0 Å². The van der Waals surface area contributed by atoms with Gasteiger partial charge in [-0.2, -0.15) is 8.42 Å². The molecule has 0 heterocycles. The molecule has 0 aromatic rings. The van der Waals surface area contributed by atoms with Gasteiger partial charge in [-0.3, -0.25) is 4.55 Å². The zero-order valence-electron chi connectivity index (χ0n) is 4.32. The molecule has 0 bridgehead atoms. The van der Waals surface area contributed by atoms with E-state index in [1.165, 1.54) is 6.08 Å². The molecule has 0 rings (SSSR count). The summed E-state index contributed by atoms with van der Waals surface area (Å²) in [7, 11) is -4.31. The van der Waals surface area contributed by atoms with Gasteiger partial charge in [-0.1, -0.05) is 11.6 Å². The molecular weight excluding hydrogens is 168 g/mol. The van der Waals surface area contributed by atoms with Gasteiger partial charge in [0.15, 0.2) is 0 Å². The summed E-state index contributed by atoms with van der Waals surface area (Å²) in [4.78, 5) is 0. The first-order valence-corrected chi connectivity index (χ1v) is 3.73. The highest BCUT2D eigenvalue weighted by Gasteiger charge is 1.99. The van der Waals surface area contributed by atoms with E-state index in [2.05, 4.69) is 4.18 Å². The second-order valence-corrected chi connectivity index (χ2v) is 2.42. The first kappa shape index (κ1) is 8.90. The summed E-state index contributed by atoms with van der Waals surface area (Å²) in [5, 5.41) is 0. The highest BCUT2D eigenvalue weighted by molar-refractivity contribution is 7.80. The molecule has 0 aromatic carbocycles. The van der Waals surface area contributed by atoms with Crippen LogP contribution < -0.4 is 0 Å². The van der Waals surface area contributed by atoms with E-state index in [4.69, 9.17) is 16.2 Å². The van der Waals surface area contributed by atoms with E-state index in [-0.39, 0.29) is 6.61 Å². The number of hydrogen-bond donors (Lipinski definition) is 1. The maximum Gasteiger partial charge on any atom is 0.397 e. The highest BCUT2D eigenvalue weighted by Crippen LogP contribution is 1.86. The van der Waals surface area contributed by atoms with E-state index in [0.29, 0.717) is 0 Å². The van der Waals surface area contributed by atoms with Crippen LogP contribution in [0.5, 0.6) is 0 Å². The maximum absolute atomic E-state index is 9.76. The van der Waals surface area contributed by atoms with Crippen molar-refractivity contribution in [2.24, 2.45) is 0 Å². The van der Waals surface area contributed by atoms with Crippen molar-refractivity contribution >= 4 is 22.0 Å². The third-order valence-corrected chi connectivity index (χ3v) is 1.01. The third-order valence-electron chi connectivity index (χ3n) is 0.402. The van der Waals surface area contributed by atoms with Crippen LogP contribution in [0.25, 0.3) is 0 Å². The molecule has 0 saturated carbocycles. The number of hydrogen-bond acceptors (Lipinski definition) is 3. The monoisotopic (exact) mass is 172 g/mol. The minimum Gasteiger partial charge on any atom is -0.264 e. The summed E-state index contributed by atoms with van der Waals surface area (Å²) in [6.45, 7) is -0.248. The van der Waals surface area contributed by atoms with Crippen molar-refractivity contribution in [1.29, 1.82) is 0 Å². The molecule has 0 unspecified atom stereocenters. The molecule has 1 N–H and O–H groups in total. The van der Waals surface area contributed by atoms with Gasteiger partial charge >= 0.3 is 10.4 Å². The molecule has 0 aromatic heterocycles. The van der Waals surface area contributed by atoms with Gasteiger partial charge in [-0.05, 0) is 6.08 Å². The first-order valence-electron chi connectivity index (χ1n) is 1.93. The molecule has 0 aliphatic heterocycles. The fraction of sp³-hybridized carbons (Fsp3) is 0.333. The van der Waals surface area contributed by atoms with Crippen LogP contribution in [0.15, 0.2) is 11.6 Å². The van der Waals surface area contributed by atoms with E-state index in [0.717, 1.165) is 5.54 Å². The van der Waals surface area contributed by atoms with E-state index >= 15 is 0 Å². The molecule has 0 atom stereocenters. The smallest absolute Gasteiger partial charge is 0.264 e. The van der Waals surface area contributed by atoms with Crippen LogP contribution in [-0.4, -0.2) is 19.6 Å². The van der Waals surface area contributed by atoms with Crippen LogP contribution in [0.3, 0.4) is 0 Å². The zero-order valence-corrected chi connectivity index (χ0v) is 5.89. The fourth-order valence-corrected chi connectivity index (χ4v) is 0.485. The lowest BCUT2D eigenvalue weighted by Crippen LogP contribution is -2.02. The minimum atomic E-state index is -4.31. The quantitative estimate of drug-likeness (QED) is 0.632. The van der Waals surface area contributed by atoms with Crippen LogP contribution in [0.2, 0.25) is 0 Å². The molecular formula is C3H5ClO4S. The van der Waals surface area contributed by atoms with Crippen molar-refractivity contribution in [1.82, 2.24) is 0 Å². The van der Waals surface area contributed by atoms with Gasteiger partial charge in [0.2, 0.25) is 0 Å². The van der Waals surface area contributed by atoms with E-state index < -0.39 is 10.4 Å².